The second kappa shape index (κ2) is 27.5. The van der Waals surface area contributed by atoms with Crippen molar-refractivity contribution in [2.24, 2.45) is 17.8 Å². The number of methoxy groups -OCH3 is 1. The van der Waals surface area contributed by atoms with E-state index in [2.05, 4.69) is 36.6 Å². The highest BCUT2D eigenvalue weighted by atomic mass is 32.1. The number of aliphatic carboxylic acids is 2. The van der Waals surface area contributed by atoms with Gasteiger partial charge in [-0.2, -0.15) is 0 Å². The smallest absolute Gasteiger partial charge is 0.306 e. The SMILES string of the molecule is CNC(=O)C[C@@H]1NC(=O)c2csc(n2)-c2ccc(-c3nc(N(CCCC(=O)O)C(=O)[C@H]4C[C@H](C(=O)O)C4)cs3)nc2-c2csc(n2)-c2csc(n2)[C@H]([C@@H](O)c2ccccc2)NC(=O)CNC(=O)c2nc(sc2COC)C(C(C)C)NC(=O)c2nc1sc2C. The molecule has 1 fully saturated rings. The Balaban J connectivity index is 1.05. The van der Waals surface area contributed by atoms with Crippen LogP contribution in [0.15, 0.2) is 64.0 Å². The van der Waals surface area contributed by atoms with Gasteiger partial charge in [0.05, 0.1) is 48.1 Å². The largest absolute Gasteiger partial charge is 0.481 e. The minimum Gasteiger partial charge on any atom is -0.481 e. The molecule has 458 valence electrons. The van der Waals surface area contributed by atoms with Gasteiger partial charge in [-0.1, -0.05) is 44.2 Å². The van der Waals surface area contributed by atoms with E-state index in [1.165, 1.54) is 41.7 Å². The summed E-state index contributed by atoms with van der Waals surface area (Å²) >= 11 is 6.99. The molecule has 4 atom stereocenters. The normalized spacial score (nSPS) is 18.5. The molecule has 31 heteroatoms. The number of nitrogens with one attached hydrogen (secondary N) is 5. The number of aryl methyl sites for hydroxylation is 1. The Kier molecular flexibility index (Phi) is 19.6. The fraction of sp³-hybridized carbons (Fsp3) is 0.351. The van der Waals surface area contributed by atoms with Crippen molar-refractivity contribution in [1.29, 1.82) is 0 Å². The minimum absolute atomic E-state index is 0.0112. The van der Waals surface area contributed by atoms with Crippen LogP contribution in [0, 0.1) is 24.7 Å². The van der Waals surface area contributed by atoms with Crippen molar-refractivity contribution in [1.82, 2.24) is 61.5 Å². The second-order valence-corrected chi connectivity index (χ2v) is 26.7. The van der Waals surface area contributed by atoms with E-state index in [9.17, 15) is 53.7 Å². The van der Waals surface area contributed by atoms with E-state index in [0.717, 1.165) is 45.3 Å². The summed E-state index contributed by atoms with van der Waals surface area (Å²) in [5, 5.41) is 53.8. The monoisotopic (exact) mass is 1310 g/mol. The highest BCUT2D eigenvalue weighted by Crippen LogP contribution is 2.42. The molecular formula is C57H57N13O12S6. The fourth-order valence-corrected chi connectivity index (χ4v) is 15.2. The highest BCUT2D eigenvalue weighted by Gasteiger charge is 2.42. The van der Waals surface area contributed by atoms with Gasteiger partial charge >= 0.3 is 11.9 Å². The van der Waals surface area contributed by atoms with Crippen molar-refractivity contribution in [3.05, 3.63) is 111 Å². The molecule has 6 amide bonds. The third-order valence-corrected chi connectivity index (χ3v) is 20.1. The van der Waals surface area contributed by atoms with Crippen LogP contribution < -0.4 is 31.5 Å². The van der Waals surface area contributed by atoms with Crippen molar-refractivity contribution < 1.29 is 58.4 Å². The van der Waals surface area contributed by atoms with E-state index in [4.69, 9.17) is 29.7 Å². The molecule has 88 heavy (non-hydrogen) atoms. The van der Waals surface area contributed by atoms with Gasteiger partial charge in [-0.05, 0) is 49.8 Å². The molecule has 1 unspecified atom stereocenters. The number of hydrogen-bond donors (Lipinski definition) is 8. The summed E-state index contributed by atoms with van der Waals surface area (Å²) < 4.78 is 5.45. The van der Waals surface area contributed by atoms with E-state index in [1.807, 2.05) is 13.8 Å². The number of fused-ring (bicyclic) bond motifs is 14. The number of nitrogens with zero attached hydrogens (tertiary/aromatic N) is 8. The molecule has 0 radical (unpaired) electrons. The first-order valence-electron chi connectivity index (χ1n) is 27.5. The predicted molar refractivity (Wildman–Crippen MR) is 330 cm³/mol. The van der Waals surface area contributed by atoms with Gasteiger partial charge in [0.1, 0.15) is 82.2 Å². The van der Waals surface area contributed by atoms with E-state index in [1.54, 1.807) is 70.9 Å². The lowest BCUT2D eigenvalue weighted by Crippen LogP contribution is -2.44. The van der Waals surface area contributed by atoms with Gasteiger partial charge in [0, 0.05) is 65.0 Å². The second-order valence-electron chi connectivity index (χ2n) is 20.8. The summed E-state index contributed by atoms with van der Waals surface area (Å²) in [7, 11) is 2.92. The van der Waals surface area contributed by atoms with E-state index in [-0.39, 0.29) is 85.0 Å². The van der Waals surface area contributed by atoms with Gasteiger partial charge in [-0.3, -0.25) is 43.3 Å². The average Bonchev–Trinajstić information content (AvgIpc) is 3.33. The number of benzene rings is 1. The first kappa shape index (κ1) is 62.9. The zero-order valence-electron chi connectivity index (χ0n) is 47.6. The molecule has 1 aliphatic heterocycles. The lowest BCUT2D eigenvalue weighted by molar-refractivity contribution is -0.148. The predicted octanol–water partition coefficient (Wildman–Crippen LogP) is 7.62. The number of amides is 6. The summed E-state index contributed by atoms with van der Waals surface area (Å²) in [5.74, 6) is -6.66. The molecule has 1 aromatic carbocycles. The van der Waals surface area contributed by atoms with Gasteiger partial charge in [0.25, 0.3) is 17.7 Å². The number of ether oxygens (including phenoxy) is 1. The van der Waals surface area contributed by atoms with Crippen molar-refractivity contribution in [2.45, 2.75) is 83.7 Å². The summed E-state index contributed by atoms with van der Waals surface area (Å²) in [5.41, 5.74) is 2.34. The molecule has 10 bridgehead atoms. The molecule has 25 nitrogen and oxygen atoms in total. The Labute approximate surface area is 526 Å². The number of carboxylic acid groups (broad SMARTS) is 2. The van der Waals surface area contributed by atoms with Crippen LogP contribution in [0.1, 0.15) is 132 Å². The Morgan fingerprint density at radius 1 is 0.705 bits per heavy atom. The third-order valence-electron chi connectivity index (χ3n) is 14.4. The van der Waals surface area contributed by atoms with Crippen LogP contribution >= 0.6 is 68.0 Å². The Hall–Kier alpha value is -8.17. The molecule has 1 saturated carbocycles. The first-order chi connectivity index (χ1) is 42.3. The van der Waals surface area contributed by atoms with Crippen LogP contribution in [0.25, 0.3) is 43.4 Å². The van der Waals surface area contributed by atoms with Gasteiger partial charge < -0.3 is 46.6 Å². The number of carbonyl (C=O) groups excluding carboxylic acids is 6. The maximum Gasteiger partial charge on any atom is 0.306 e. The molecule has 2 aliphatic rings. The summed E-state index contributed by atoms with van der Waals surface area (Å²) in [6, 6.07) is 9.25. The topological polar surface area (TPSA) is 360 Å². The highest BCUT2D eigenvalue weighted by molar-refractivity contribution is 7.15. The number of carbonyl (C=O) groups is 8. The molecule has 7 aromatic heterocycles. The molecule has 8 aromatic rings. The number of rotatable bonds is 15. The number of hydrogen-bond acceptors (Lipinski definition) is 23. The van der Waals surface area contributed by atoms with Crippen LogP contribution in [-0.4, -0.2) is 125 Å². The van der Waals surface area contributed by atoms with Crippen molar-refractivity contribution in [2.75, 3.05) is 32.1 Å². The lowest BCUT2D eigenvalue weighted by Gasteiger charge is -2.34. The van der Waals surface area contributed by atoms with Gasteiger partial charge in [0.15, 0.2) is 0 Å². The third kappa shape index (κ3) is 14.0. The zero-order valence-corrected chi connectivity index (χ0v) is 52.5. The number of thiazole rings is 6. The average molecular weight is 1310 g/mol. The van der Waals surface area contributed by atoms with Crippen molar-refractivity contribution >= 4 is 121 Å². The number of aliphatic hydroxyl groups is 1. The number of pyridine rings is 1. The van der Waals surface area contributed by atoms with E-state index >= 15 is 0 Å². The number of aliphatic hydroxyl groups excluding tert-OH is 1. The van der Waals surface area contributed by atoms with E-state index in [0.29, 0.717) is 68.7 Å². The summed E-state index contributed by atoms with van der Waals surface area (Å²) in [4.78, 5) is 143. The number of aromatic nitrogens is 7. The quantitative estimate of drug-likeness (QED) is 0.0489. The molecule has 10 rings (SSSR count). The summed E-state index contributed by atoms with van der Waals surface area (Å²) in [6.07, 6.45) is -1.36. The maximum absolute atomic E-state index is 14.4. The van der Waals surface area contributed by atoms with Gasteiger partial charge in [-0.25, -0.2) is 34.9 Å². The molecule has 0 spiro atoms. The first-order valence-corrected chi connectivity index (χ1v) is 32.6. The fourth-order valence-electron chi connectivity index (χ4n) is 9.67. The molecule has 0 saturated heterocycles. The van der Waals surface area contributed by atoms with E-state index < -0.39 is 84.1 Å². The molecular weight excluding hydrogens is 1250 g/mol. The lowest BCUT2D eigenvalue weighted by atomic mass is 9.74. The molecule has 8 heterocycles. The zero-order chi connectivity index (χ0) is 62.5. The van der Waals surface area contributed by atoms with Gasteiger partial charge in [-0.15, -0.1) is 68.0 Å². The van der Waals surface area contributed by atoms with Crippen LogP contribution in [0.4, 0.5) is 5.82 Å². The Morgan fingerprint density at radius 2 is 1.41 bits per heavy atom. The van der Waals surface area contributed by atoms with Crippen LogP contribution in [0.3, 0.4) is 0 Å². The standard InChI is InChI=1S/C57H57N13O12S6/c1-25(2)41-55-69-44(36(88-55)20-82-5)48(77)59-19-39(72)66-45(46(75)27-10-7-6-8-11-27)54-64-35(23-85-54)52-62-33(21-84-52)43-30(50-63-34(22-83-50)47(76)61-32(18-38(71)58-4)53-68-42(26(3)87-53)49(78)67-41)13-14-31(60-43)51-65-37(24-86-51)70(15-9-12-40(73)74)56(79)28-16-29(17-28)57(80)81/h6-8,10-11,13-14,21-25,28-29,32,41,45-46,75H,9,12,15-20H2,1-5H3,(H,58,71)(H,59,77)(H,61,76)(H,66,72)(H,67,78)(H,73,74)(H,80,81)/t28-,29-,32-,41?,45-,46-/m0/s1. The van der Waals surface area contributed by atoms with Crippen LogP contribution in [0.2, 0.25) is 0 Å². The summed E-state index contributed by atoms with van der Waals surface area (Å²) in [6.45, 7) is 4.91. The van der Waals surface area contributed by atoms with Gasteiger partial charge in [0.2, 0.25) is 17.7 Å². The van der Waals surface area contributed by atoms with Crippen LogP contribution in [-0.2, 0) is 35.3 Å². The Bertz CT molecular complexity index is 3940. The number of carboxylic acids is 2. The van der Waals surface area contributed by atoms with Crippen LogP contribution in [0.5, 0.6) is 0 Å². The minimum atomic E-state index is -1.31. The van der Waals surface area contributed by atoms with Crippen molar-refractivity contribution in [3.63, 3.8) is 0 Å². The Morgan fingerprint density at radius 3 is 2.14 bits per heavy atom. The molecule has 1 aliphatic carbocycles. The number of anilines is 1. The molecule has 8 N–H and O–H groups in total. The maximum atomic E-state index is 14.4. The van der Waals surface area contributed by atoms with Crippen molar-refractivity contribution in [3.8, 4) is 43.4 Å².